The number of carboxylic acids is 1. The molecule has 4 N–H and O–H groups in total. The van der Waals surface area contributed by atoms with Gasteiger partial charge in [0.05, 0.1) is 0 Å². The maximum absolute atomic E-state index is 11.8. The van der Waals surface area contributed by atoms with Crippen LogP contribution in [0.4, 0.5) is 0 Å². The molecule has 1 aliphatic heterocycles. The van der Waals surface area contributed by atoms with E-state index in [0.29, 0.717) is 23.1 Å². The lowest BCUT2D eigenvalue weighted by molar-refractivity contribution is 0.0690. The summed E-state index contributed by atoms with van der Waals surface area (Å²) in [5.41, 5.74) is 6.95. The molecule has 1 aromatic rings. The van der Waals surface area contributed by atoms with Crippen LogP contribution in [-0.4, -0.2) is 35.0 Å². The first-order valence-electron chi connectivity index (χ1n) is 7.71. The molecule has 22 heavy (non-hydrogen) atoms. The molecule has 0 radical (unpaired) electrons. The van der Waals surface area contributed by atoms with E-state index in [-0.39, 0.29) is 22.5 Å². The van der Waals surface area contributed by atoms with Crippen molar-refractivity contribution in [3.63, 3.8) is 0 Å². The Morgan fingerprint density at radius 3 is 2.91 bits per heavy atom. The number of fused-ring (bicyclic) bond motifs is 3. The lowest BCUT2D eigenvalue weighted by Crippen LogP contribution is -2.28. The van der Waals surface area contributed by atoms with Gasteiger partial charge in [-0.25, -0.2) is 4.79 Å². The highest BCUT2D eigenvalue weighted by atomic mass is 32.2. The number of hydrogen-bond acceptors (Lipinski definition) is 5. The molecule has 0 bridgehead atoms. The van der Waals surface area contributed by atoms with Crippen LogP contribution in [-0.2, 0) is 0 Å². The normalized spacial score (nSPS) is 26.7. The second-order valence-corrected chi connectivity index (χ2v) is 7.69. The largest absolute Gasteiger partial charge is 0.535 e. The van der Waals surface area contributed by atoms with Gasteiger partial charge in [-0.2, -0.15) is 0 Å². The van der Waals surface area contributed by atoms with E-state index in [9.17, 15) is 14.9 Å². The highest BCUT2D eigenvalue weighted by Gasteiger charge is 2.54. The van der Waals surface area contributed by atoms with Gasteiger partial charge in [0.25, 0.3) is 0 Å². The van der Waals surface area contributed by atoms with Gasteiger partial charge in [-0.3, -0.25) is 0 Å². The van der Waals surface area contributed by atoms with Gasteiger partial charge in [0.15, 0.2) is 0 Å². The highest BCUT2D eigenvalue weighted by molar-refractivity contribution is 8.00. The van der Waals surface area contributed by atoms with Crippen LogP contribution >= 0.6 is 11.8 Å². The number of carbonyl (C=O) groups is 1. The first-order chi connectivity index (χ1) is 10.6. The summed E-state index contributed by atoms with van der Waals surface area (Å²) in [7, 11) is -0.885. The summed E-state index contributed by atoms with van der Waals surface area (Å²) in [6, 6.07) is 3.84. The molecule has 1 heterocycles. The van der Waals surface area contributed by atoms with E-state index in [2.05, 4.69) is 0 Å². The monoisotopic (exact) mass is 319 g/mol. The first kappa shape index (κ1) is 14.4. The van der Waals surface area contributed by atoms with Gasteiger partial charge in [-0.05, 0) is 42.7 Å². The molecule has 0 saturated heterocycles. The number of carboxylic acid groups (broad SMARTS) is 1. The fourth-order valence-corrected chi connectivity index (χ4v) is 4.70. The third-order valence-corrected chi connectivity index (χ3v) is 6.34. The van der Waals surface area contributed by atoms with Crippen LogP contribution in [0, 0.1) is 5.92 Å². The zero-order valence-corrected chi connectivity index (χ0v) is 12.9. The molecule has 3 atom stereocenters. The quantitative estimate of drug-likeness (QED) is 0.567. The van der Waals surface area contributed by atoms with Crippen molar-refractivity contribution < 1.29 is 19.6 Å². The molecule has 2 fully saturated rings. The molecular weight excluding hydrogens is 301 g/mol. The van der Waals surface area contributed by atoms with Crippen molar-refractivity contribution >= 4 is 24.8 Å². The predicted molar refractivity (Wildman–Crippen MR) is 84.5 cm³/mol. The van der Waals surface area contributed by atoms with E-state index in [1.165, 1.54) is 24.6 Å². The van der Waals surface area contributed by atoms with Gasteiger partial charge in [-0.15, -0.1) is 11.8 Å². The highest BCUT2D eigenvalue weighted by Crippen LogP contribution is 2.61. The smallest absolute Gasteiger partial charge is 0.526 e. The molecule has 1 aromatic carbocycles. The molecule has 116 valence electrons. The van der Waals surface area contributed by atoms with E-state index in [1.54, 1.807) is 0 Å². The fraction of sp³-hybridized carbons (Fsp3) is 0.533. The maximum Gasteiger partial charge on any atom is 0.526 e. The summed E-state index contributed by atoms with van der Waals surface area (Å²) in [6.45, 7) is 0.541. The summed E-state index contributed by atoms with van der Waals surface area (Å²) >= 11 is 1.54. The molecule has 3 unspecified atom stereocenters. The molecule has 2 aliphatic carbocycles. The van der Waals surface area contributed by atoms with E-state index in [4.69, 9.17) is 10.4 Å². The van der Waals surface area contributed by atoms with Gasteiger partial charge < -0.3 is 20.5 Å². The maximum atomic E-state index is 11.8. The Morgan fingerprint density at radius 2 is 2.27 bits per heavy atom. The summed E-state index contributed by atoms with van der Waals surface area (Å²) < 4.78 is 5.54. The van der Waals surface area contributed by atoms with Crippen LogP contribution < -0.4 is 10.4 Å². The molecule has 2 saturated carbocycles. The SMILES string of the molecule is NCC(Sc1ccc2c(c1C(=O)O)OB(O)C1CC21)C1CC1. The predicted octanol–water partition coefficient (Wildman–Crippen LogP) is 1.94. The van der Waals surface area contributed by atoms with Crippen LogP contribution in [0.25, 0.3) is 0 Å². The molecule has 5 nitrogen and oxygen atoms in total. The van der Waals surface area contributed by atoms with Crippen LogP contribution in [0.2, 0.25) is 5.82 Å². The summed E-state index contributed by atoms with van der Waals surface area (Å²) in [6.07, 6.45) is 3.20. The van der Waals surface area contributed by atoms with Gasteiger partial charge in [0.1, 0.15) is 11.3 Å². The van der Waals surface area contributed by atoms with E-state index >= 15 is 0 Å². The van der Waals surface area contributed by atoms with Crippen molar-refractivity contribution in [1.82, 2.24) is 0 Å². The molecule has 7 heteroatoms. The number of nitrogens with two attached hydrogens (primary N) is 1. The number of thioether (sulfide) groups is 1. The standard InChI is InChI=1S/C15H18BNO4S/c17-6-12(7-1-2-7)22-11-4-3-8-9-5-10(9)16(20)21-14(8)13(11)15(18)19/h3-4,7,9-10,12,20H,1-2,5-6,17H2,(H,18,19). The average Bonchev–Trinajstić information content (AvgIpc) is 3.36. The van der Waals surface area contributed by atoms with E-state index in [1.807, 2.05) is 12.1 Å². The number of hydrogen-bond donors (Lipinski definition) is 3. The molecule has 4 rings (SSSR count). The number of benzene rings is 1. The lowest BCUT2D eigenvalue weighted by Gasteiger charge is -2.23. The Kier molecular flexibility index (Phi) is 3.40. The fourth-order valence-electron chi connectivity index (χ4n) is 3.36. The molecule has 0 aromatic heterocycles. The Hall–Kier alpha value is -1.18. The molecular formula is C15H18BNO4S. The molecule has 0 spiro atoms. The Balaban J connectivity index is 1.72. The van der Waals surface area contributed by atoms with Crippen molar-refractivity contribution in [3.8, 4) is 5.75 Å². The van der Waals surface area contributed by atoms with Crippen molar-refractivity contribution in [2.24, 2.45) is 11.7 Å². The van der Waals surface area contributed by atoms with Crippen molar-refractivity contribution in [3.05, 3.63) is 23.3 Å². The van der Waals surface area contributed by atoms with Crippen LogP contribution in [0.3, 0.4) is 0 Å². The number of aromatic carboxylic acids is 1. The zero-order chi connectivity index (χ0) is 15.4. The summed E-state index contributed by atoms with van der Waals surface area (Å²) in [5, 5.41) is 19.8. The van der Waals surface area contributed by atoms with Crippen molar-refractivity contribution in [2.75, 3.05) is 6.54 Å². The van der Waals surface area contributed by atoms with Gasteiger partial charge in [-0.1, -0.05) is 6.07 Å². The van der Waals surface area contributed by atoms with Gasteiger partial charge in [0.2, 0.25) is 0 Å². The Bertz CT molecular complexity index is 636. The Morgan fingerprint density at radius 1 is 1.50 bits per heavy atom. The second kappa shape index (κ2) is 5.18. The van der Waals surface area contributed by atoms with Crippen LogP contribution in [0.1, 0.15) is 41.1 Å². The third kappa shape index (κ3) is 2.32. The zero-order valence-electron chi connectivity index (χ0n) is 12.1. The van der Waals surface area contributed by atoms with Crippen molar-refractivity contribution in [1.29, 1.82) is 0 Å². The second-order valence-electron chi connectivity index (χ2n) is 6.41. The van der Waals surface area contributed by atoms with Crippen LogP contribution in [0.5, 0.6) is 5.75 Å². The average molecular weight is 319 g/mol. The third-order valence-electron chi connectivity index (χ3n) is 4.87. The lowest BCUT2D eigenvalue weighted by atomic mass is 9.77. The molecule has 3 aliphatic rings. The topological polar surface area (TPSA) is 92.8 Å². The van der Waals surface area contributed by atoms with Gasteiger partial charge >= 0.3 is 13.1 Å². The van der Waals surface area contributed by atoms with Gasteiger partial charge in [0, 0.05) is 22.5 Å². The minimum absolute atomic E-state index is 0.121. The van der Waals surface area contributed by atoms with E-state index in [0.717, 1.165) is 12.0 Å². The summed E-state index contributed by atoms with van der Waals surface area (Å²) in [4.78, 5) is 12.5. The minimum atomic E-state index is -1.00. The molecule has 0 amide bonds. The summed E-state index contributed by atoms with van der Waals surface area (Å²) in [5.74, 6) is 0.306. The number of rotatable bonds is 5. The van der Waals surface area contributed by atoms with Crippen molar-refractivity contribution in [2.45, 2.75) is 41.1 Å². The minimum Gasteiger partial charge on any atom is -0.535 e. The first-order valence-corrected chi connectivity index (χ1v) is 8.59. The van der Waals surface area contributed by atoms with E-state index < -0.39 is 13.1 Å². The Labute approximate surface area is 133 Å². The van der Waals surface area contributed by atoms with Crippen LogP contribution in [0.15, 0.2) is 17.0 Å².